The van der Waals surface area contributed by atoms with E-state index < -0.39 is 11.9 Å². The number of amides is 1. The molecule has 0 aliphatic carbocycles. The molecule has 0 bridgehead atoms. The number of hydroxylamine groups is 1. The van der Waals surface area contributed by atoms with Gasteiger partial charge >= 0.3 is 11.9 Å². The molecule has 0 saturated heterocycles. The lowest BCUT2D eigenvalue weighted by atomic mass is 10.0. The van der Waals surface area contributed by atoms with Gasteiger partial charge in [0.2, 0.25) is 0 Å². The first-order valence-electron chi connectivity index (χ1n) is 10.8. The number of rotatable bonds is 2. The van der Waals surface area contributed by atoms with E-state index in [-0.39, 0.29) is 11.5 Å². The van der Waals surface area contributed by atoms with Crippen LogP contribution in [0.25, 0.3) is 22.3 Å². The van der Waals surface area contributed by atoms with Gasteiger partial charge in [-0.05, 0) is 70.8 Å². The molecule has 0 heterocycles. The lowest BCUT2D eigenvalue weighted by molar-refractivity contribution is -0.130. The minimum atomic E-state index is -1.14. The summed E-state index contributed by atoms with van der Waals surface area (Å²) in [5.41, 5.74) is 6.69. The van der Waals surface area contributed by atoms with Crippen molar-refractivity contribution in [3.63, 3.8) is 0 Å². The first kappa shape index (κ1) is 26.1. The standard InChI is InChI=1S/C15H11NO3.C15H10O3/c17-14-8-6-13(7-9-14)12-4-1-11(2-5-12)3-10-15(18)16-19;16-14-8-6-13(7-9-14)12-4-1-11(2-5-12)3-10-15(17)18/h1-2,4-9,17,19H,(H,16,18);1-2,4-9,16H,(H,17,18). The number of aliphatic carboxylic acids is 1. The van der Waals surface area contributed by atoms with Gasteiger partial charge < -0.3 is 15.3 Å². The second kappa shape index (κ2) is 12.8. The van der Waals surface area contributed by atoms with E-state index >= 15 is 0 Å². The minimum absolute atomic E-state index is 0.223. The van der Waals surface area contributed by atoms with Gasteiger partial charge in [-0.2, -0.15) is 0 Å². The van der Waals surface area contributed by atoms with E-state index in [1.54, 1.807) is 48.5 Å². The Labute approximate surface area is 213 Å². The van der Waals surface area contributed by atoms with E-state index in [1.165, 1.54) is 5.48 Å². The second-order valence-corrected chi connectivity index (χ2v) is 7.49. The van der Waals surface area contributed by atoms with Crippen LogP contribution in [-0.2, 0) is 9.59 Å². The summed E-state index contributed by atoms with van der Waals surface area (Å²) < 4.78 is 0. The van der Waals surface area contributed by atoms with Gasteiger partial charge in [-0.25, -0.2) is 10.3 Å². The Morgan fingerprint density at radius 2 is 0.865 bits per heavy atom. The number of carboxylic acids is 1. The number of phenols is 2. The minimum Gasteiger partial charge on any atom is -0.508 e. The molecule has 4 aromatic carbocycles. The van der Waals surface area contributed by atoms with E-state index in [0.717, 1.165) is 22.3 Å². The number of carbonyl (C=O) groups is 2. The molecule has 7 nitrogen and oxygen atoms in total. The van der Waals surface area contributed by atoms with Crippen molar-refractivity contribution in [2.24, 2.45) is 0 Å². The molecule has 0 atom stereocenters. The van der Waals surface area contributed by atoms with Crippen LogP contribution in [0.3, 0.4) is 0 Å². The summed E-state index contributed by atoms with van der Waals surface area (Å²) in [5, 5.41) is 35.2. The van der Waals surface area contributed by atoms with E-state index in [9.17, 15) is 19.8 Å². The highest BCUT2D eigenvalue weighted by Crippen LogP contribution is 2.23. The maximum Gasteiger partial charge on any atom is 0.382 e. The number of aromatic hydroxyl groups is 2. The summed E-state index contributed by atoms with van der Waals surface area (Å²) in [5.74, 6) is 8.02. The lowest BCUT2D eigenvalue weighted by Crippen LogP contribution is -2.15. The molecule has 0 radical (unpaired) electrons. The molecule has 0 unspecified atom stereocenters. The van der Waals surface area contributed by atoms with Crippen molar-refractivity contribution >= 4 is 11.9 Å². The van der Waals surface area contributed by atoms with Gasteiger partial charge in [-0.3, -0.25) is 10.0 Å². The maximum absolute atomic E-state index is 10.7. The van der Waals surface area contributed by atoms with Crippen LogP contribution in [0.4, 0.5) is 0 Å². The van der Waals surface area contributed by atoms with Crippen LogP contribution in [0.1, 0.15) is 11.1 Å². The lowest BCUT2D eigenvalue weighted by Gasteiger charge is -2.01. The highest BCUT2D eigenvalue weighted by molar-refractivity contribution is 5.93. The van der Waals surface area contributed by atoms with Gasteiger partial charge in [0, 0.05) is 23.0 Å². The molecule has 0 aliphatic rings. The quantitative estimate of drug-likeness (QED) is 0.161. The highest BCUT2D eigenvalue weighted by Gasteiger charge is 1.99. The van der Waals surface area contributed by atoms with Crippen molar-refractivity contribution in [1.29, 1.82) is 0 Å². The summed E-state index contributed by atoms with van der Waals surface area (Å²) in [4.78, 5) is 21.0. The van der Waals surface area contributed by atoms with Gasteiger partial charge in [-0.15, -0.1) is 0 Å². The van der Waals surface area contributed by atoms with E-state index in [0.29, 0.717) is 11.1 Å². The zero-order valence-corrected chi connectivity index (χ0v) is 19.3. The normalized spacial score (nSPS) is 9.32. The Bertz CT molecular complexity index is 1480. The zero-order chi connectivity index (χ0) is 26.6. The van der Waals surface area contributed by atoms with Crippen molar-refractivity contribution in [3.8, 4) is 57.4 Å². The Kier molecular flexibility index (Phi) is 9.05. The largest absolute Gasteiger partial charge is 0.508 e. The number of benzene rings is 4. The molecule has 1 amide bonds. The molecule has 37 heavy (non-hydrogen) atoms. The molecule has 0 aromatic heterocycles. The topological polar surface area (TPSA) is 127 Å². The van der Waals surface area contributed by atoms with Crippen LogP contribution in [-0.4, -0.2) is 32.4 Å². The van der Waals surface area contributed by atoms with Gasteiger partial charge in [0.1, 0.15) is 11.5 Å². The van der Waals surface area contributed by atoms with Gasteiger partial charge in [-0.1, -0.05) is 60.4 Å². The Balaban J connectivity index is 0.000000206. The number of hydrogen-bond acceptors (Lipinski definition) is 5. The van der Waals surface area contributed by atoms with Gasteiger partial charge in [0.15, 0.2) is 0 Å². The van der Waals surface area contributed by atoms with Crippen molar-refractivity contribution < 1.29 is 30.1 Å². The number of carboxylic acid groups (broad SMARTS) is 1. The van der Waals surface area contributed by atoms with Gasteiger partial charge in [0.05, 0.1) is 0 Å². The number of nitrogens with one attached hydrogen (secondary N) is 1. The Morgan fingerprint density at radius 3 is 1.19 bits per heavy atom. The maximum atomic E-state index is 10.7. The summed E-state index contributed by atoms with van der Waals surface area (Å²) in [6, 6.07) is 28.3. The SMILES string of the molecule is O=C(C#Cc1ccc(-c2ccc(O)cc2)cc1)NO.O=C(O)C#Cc1ccc(-c2ccc(O)cc2)cc1. The van der Waals surface area contributed by atoms with Crippen LogP contribution in [0, 0.1) is 23.7 Å². The fourth-order valence-electron chi connectivity index (χ4n) is 3.08. The summed E-state index contributed by atoms with van der Waals surface area (Å²) in [6.07, 6.45) is 0. The average molecular weight is 491 g/mol. The molecule has 0 aliphatic heterocycles. The number of carbonyl (C=O) groups excluding carboxylic acids is 1. The molecule has 5 N–H and O–H groups in total. The van der Waals surface area contributed by atoms with Crippen LogP contribution in [0.15, 0.2) is 97.1 Å². The highest BCUT2D eigenvalue weighted by atomic mass is 16.5. The van der Waals surface area contributed by atoms with E-state index in [2.05, 4.69) is 23.7 Å². The molecule has 0 saturated carbocycles. The molecular weight excluding hydrogens is 470 g/mol. The third-order valence-corrected chi connectivity index (χ3v) is 4.91. The smallest absolute Gasteiger partial charge is 0.382 e. The van der Waals surface area contributed by atoms with Gasteiger partial charge in [0.25, 0.3) is 0 Å². The first-order chi connectivity index (χ1) is 17.8. The molecule has 7 heteroatoms. The van der Waals surface area contributed by atoms with Crippen molar-refractivity contribution in [3.05, 3.63) is 108 Å². The van der Waals surface area contributed by atoms with Crippen molar-refractivity contribution in [2.45, 2.75) is 0 Å². The fourth-order valence-corrected chi connectivity index (χ4v) is 3.08. The zero-order valence-electron chi connectivity index (χ0n) is 19.3. The molecular formula is C30H21NO6. The molecule has 0 fully saturated rings. The molecule has 0 spiro atoms. The van der Waals surface area contributed by atoms with Crippen LogP contribution in [0.5, 0.6) is 11.5 Å². The average Bonchev–Trinajstić information content (AvgIpc) is 2.92. The second-order valence-electron chi connectivity index (χ2n) is 7.49. The predicted octanol–water partition coefficient (Wildman–Crippen LogP) is 4.41. The first-order valence-corrected chi connectivity index (χ1v) is 10.8. The summed E-state index contributed by atoms with van der Waals surface area (Å²) in [7, 11) is 0. The Morgan fingerprint density at radius 1 is 0.541 bits per heavy atom. The van der Waals surface area contributed by atoms with Crippen LogP contribution in [0.2, 0.25) is 0 Å². The van der Waals surface area contributed by atoms with Crippen molar-refractivity contribution in [2.75, 3.05) is 0 Å². The molecule has 4 aromatic rings. The van der Waals surface area contributed by atoms with E-state index in [1.807, 2.05) is 48.5 Å². The Hall–Kier alpha value is -5.50. The van der Waals surface area contributed by atoms with Crippen LogP contribution >= 0.6 is 0 Å². The summed E-state index contributed by atoms with van der Waals surface area (Å²) >= 11 is 0. The van der Waals surface area contributed by atoms with Crippen LogP contribution < -0.4 is 5.48 Å². The third-order valence-electron chi connectivity index (χ3n) is 4.91. The van der Waals surface area contributed by atoms with Crippen molar-refractivity contribution in [1.82, 2.24) is 5.48 Å². The monoisotopic (exact) mass is 491 g/mol. The van der Waals surface area contributed by atoms with E-state index in [4.69, 9.17) is 10.3 Å². The fraction of sp³-hybridized carbons (Fsp3) is 0. The number of phenolic OH excluding ortho intramolecular Hbond substituents is 2. The predicted molar refractivity (Wildman–Crippen MR) is 138 cm³/mol. The molecule has 4 rings (SSSR count). The third kappa shape index (κ3) is 8.34. The summed E-state index contributed by atoms with van der Waals surface area (Å²) in [6.45, 7) is 0. The number of hydrogen-bond donors (Lipinski definition) is 5. The molecule has 182 valence electrons.